The topological polar surface area (TPSA) is 73.7 Å². The molecule has 194 valence electrons. The third kappa shape index (κ3) is 4.35. The number of likely N-dealkylation sites (N-methyl/N-ethyl adjacent to an activating group) is 1. The number of nitrogens with zero attached hydrogens (tertiary/aromatic N) is 3. The Bertz CT molecular complexity index is 1640. The average molecular weight is 528 g/mol. The number of allylic oxidation sites excluding steroid dienone is 2. The van der Waals surface area contributed by atoms with Crippen LogP contribution in [0.4, 0.5) is 5.69 Å². The zero-order valence-electron chi connectivity index (χ0n) is 22.0. The number of rotatable bonds is 7. The number of methoxy groups -OCH3 is 2. The van der Waals surface area contributed by atoms with E-state index in [1.807, 2.05) is 25.2 Å². The van der Waals surface area contributed by atoms with E-state index >= 15 is 0 Å². The normalized spacial score (nSPS) is 15.1. The quantitative estimate of drug-likeness (QED) is 0.182. The van der Waals surface area contributed by atoms with Gasteiger partial charge in [-0.3, -0.25) is 14.2 Å². The van der Waals surface area contributed by atoms with E-state index in [2.05, 4.69) is 30.9 Å². The summed E-state index contributed by atoms with van der Waals surface area (Å²) in [5.74, 6) is 1.11. The lowest BCUT2D eigenvalue weighted by Crippen LogP contribution is -2.24. The molecule has 0 aliphatic carbocycles. The highest BCUT2D eigenvalue weighted by Crippen LogP contribution is 2.46. The maximum absolute atomic E-state index is 13.7. The summed E-state index contributed by atoms with van der Waals surface area (Å²) in [4.78, 5) is 33.8. The third-order valence-electron chi connectivity index (χ3n) is 6.95. The maximum Gasteiger partial charge on any atom is 0.266 e. The maximum atomic E-state index is 13.7. The standard InChI is InChI=1S/C30H29N3O4S/c1-30(2)22-11-7-9-13-24(22)32(3)27(30)16-19(34)18-38-29-31-23-12-8-6-10-21(23)28(35)33(29)25-17-20(36-4)14-15-26(25)37-5/h6-17H,18H2,1-5H3. The van der Waals surface area contributed by atoms with Gasteiger partial charge in [0.05, 0.1) is 36.6 Å². The van der Waals surface area contributed by atoms with Crippen LogP contribution >= 0.6 is 11.8 Å². The van der Waals surface area contributed by atoms with Gasteiger partial charge in [0.15, 0.2) is 10.9 Å². The molecule has 4 aromatic rings. The zero-order chi connectivity index (χ0) is 27.0. The van der Waals surface area contributed by atoms with Crippen LogP contribution < -0.4 is 19.9 Å². The predicted molar refractivity (Wildman–Crippen MR) is 152 cm³/mol. The van der Waals surface area contributed by atoms with Gasteiger partial charge >= 0.3 is 0 Å². The minimum atomic E-state index is -0.303. The number of aromatic nitrogens is 2. The van der Waals surface area contributed by atoms with Crippen LogP contribution in [0.25, 0.3) is 16.6 Å². The van der Waals surface area contributed by atoms with Gasteiger partial charge in [-0.05, 0) is 35.9 Å². The summed E-state index contributed by atoms with van der Waals surface area (Å²) in [5, 5.41) is 0.872. The SMILES string of the molecule is COc1ccc(OC)c(-n2c(SCC(=O)C=C3N(C)c4ccccc4C3(C)C)nc3ccccc3c2=O)c1. The van der Waals surface area contributed by atoms with E-state index in [0.29, 0.717) is 33.2 Å². The minimum absolute atomic E-state index is 0.0655. The number of para-hydroxylation sites is 2. The number of anilines is 1. The van der Waals surface area contributed by atoms with Crippen molar-refractivity contribution in [2.24, 2.45) is 0 Å². The molecular formula is C30H29N3O4S. The van der Waals surface area contributed by atoms with E-state index in [0.717, 1.165) is 11.4 Å². The summed E-state index contributed by atoms with van der Waals surface area (Å²) in [5.41, 5.74) is 3.73. The Morgan fingerprint density at radius 1 is 1.00 bits per heavy atom. The molecule has 1 aliphatic rings. The number of thioether (sulfide) groups is 1. The van der Waals surface area contributed by atoms with Crippen molar-refractivity contribution in [3.8, 4) is 17.2 Å². The first-order valence-electron chi connectivity index (χ1n) is 12.2. The first-order valence-corrected chi connectivity index (χ1v) is 13.2. The lowest BCUT2D eigenvalue weighted by Gasteiger charge is -2.24. The van der Waals surface area contributed by atoms with Gasteiger partial charge in [0.25, 0.3) is 5.56 Å². The molecule has 0 N–H and O–H groups in total. The number of hydrogen-bond donors (Lipinski definition) is 0. The van der Waals surface area contributed by atoms with Crippen molar-refractivity contribution in [1.82, 2.24) is 9.55 Å². The number of benzene rings is 3. The van der Waals surface area contributed by atoms with E-state index in [1.165, 1.54) is 21.9 Å². The summed E-state index contributed by atoms with van der Waals surface area (Å²) in [6.07, 6.45) is 1.71. The van der Waals surface area contributed by atoms with E-state index in [9.17, 15) is 9.59 Å². The average Bonchev–Trinajstić information content (AvgIpc) is 3.12. The summed E-state index contributed by atoms with van der Waals surface area (Å²) >= 11 is 1.22. The molecule has 0 atom stereocenters. The largest absolute Gasteiger partial charge is 0.497 e. The zero-order valence-corrected chi connectivity index (χ0v) is 22.8. The smallest absolute Gasteiger partial charge is 0.266 e. The Labute approximate surface area is 225 Å². The van der Waals surface area contributed by atoms with Crippen molar-refractivity contribution in [2.75, 3.05) is 31.9 Å². The van der Waals surface area contributed by atoms with E-state index in [1.54, 1.807) is 56.7 Å². The first kappa shape index (κ1) is 25.6. The van der Waals surface area contributed by atoms with Gasteiger partial charge in [0.1, 0.15) is 11.5 Å². The van der Waals surface area contributed by atoms with Gasteiger partial charge in [-0.1, -0.05) is 55.9 Å². The second-order valence-electron chi connectivity index (χ2n) is 9.58. The molecule has 7 nitrogen and oxygen atoms in total. The van der Waals surface area contributed by atoms with Crippen LogP contribution in [0.5, 0.6) is 11.5 Å². The number of carbonyl (C=O) groups excluding carboxylic acids is 1. The van der Waals surface area contributed by atoms with Crippen molar-refractivity contribution >= 4 is 34.1 Å². The van der Waals surface area contributed by atoms with Crippen LogP contribution in [-0.2, 0) is 10.2 Å². The molecule has 0 saturated heterocycles. The molecule has 0 unspecified atom stereocenters. The molecule has 1 aliphatic heterocycles. The fourth-order valence-electron chi connectivity index (χ4n) is 4.98. The summed E-state index contributed by atoms with van der Waals surface area (Å²) in [7, 11) is 5.09. The summed E-state index contributed by atoms with van der Waals surface area (Å²) in [6.45, 7) is 4.25. The second-order valence-corrected chi connectivity index (χ2v) is 10.5. The van der Waals surface area contributed by atoms with Gasteiger partial charge in [-0.15, -0.1) is 0 Å². The molecule has 3 aromatic carbocycles. The monoisotopic (exact) mass is 527 g/mol. The van der Waals surface area contributed by atoms with Crippen LogP contribution in [0.1, 0.15) is 19.4 Å². The van der Waals surface area contributed by atoms with E-state index < -0.39 is 0 Å². The van der Waals surface area contributed by atoms with Gasteiger partial charge in [-0.25, -0.2) is 4.98 Å². The Hall–Kier alpha value is -4.04. The molecule has 8 heteroatoms. The highest BCUT2D eigenvalue weighted by molar-refractivity contribution is 7.99. The Morgan fingerprint density at radius 3 is 2.47 bits per heavy atom. The molecule has 38 heavy (non-hydrogen) atoms. The lowest BCUT2D eigenvalue weighted by atomic mass is 9.83. The van der Waals surface area contributed by atoms with E-state index in [-0.39, 0.29) is 22.5 Å². The fourth-order valence-corrected chi connectivity index (χ4v) is 5.81. The Morgan fingerprint density at radius 2 is 1.74 bits per heavy atom. The van der Waals surface area contributed by atoms with Crippen molar-refractivity contribution in [1.29, 1.82) is 0 Å². The van der Waals surface area contributed by atoms with Crippen LogP contribution in [0.15, 0.2) is 88.5 Å². The van der Waals surface area contributed by atoms with Gasteiger partial charge < -0.3 is 14.4 Å². The fraction of sp³-hybridized carbons (Fsp3) is 0.233. The van der Waals surface area contributed by atoms with Crippen LogP contribution in [0.2, 0.25) is 0 Å². The van der Waals surface area contributed by atoms with E-state index in [4.69, 9.17) is 14.5 Å². The third-order valence-corrected chi connectivity index (χ3v) is 7.91. The molecule has 0 amide bonds. The summed E-state index contributed by atoms with van der Waals surface area (Å²) in [6, 6.07) is 20.6. The Kier molecular flexibility index (Phi) is 6.75. The number of fused-ring (bicyclic) bond motifs is 2. The van der Waals surface area contributed by atoms with Gasteiger partial charge in [0, 0.05) is 36.0 Å². The Balaban J connectivity index is 1.54. The molecule has 0 spiro atoms. The molecule has 5 rings (SSSR count). The number of hydrogen-bond acceptors (Lipinski definition) is 7. The number of ether oxygens (including phenoxy) is 2. The van der Waals surface area contributed by atoms with Crippen LogP contribution in [-0.4, -0.2) is 42.4 Å². The van der Waals surface area contributed by atoms with Crippen molar-refractivity contribution < 1.29 is 14.3 Å². The van der Waals surface area contributed by atoms with Crippen LogP contribution in [0.3, 0.4) is 0 Å². The molecule has 2 heterocycles. The first-order chi connectivity index (χ1) is 18.3. The lowest BCUT2D eigenvalue weighted by molar-refractivity contribution is -0.112. The van der Waals surface area contributed by atoms with Crippen molar-refractivity contribution in [2.45, 2.75) is 24.4 Å². The van der Waals surface area contributed by atoms with Gasteiger partial charge in [-0.2, -0.15) is 0 Å². The number of carbonyl (C=O) groups is 1. The van der Waals surface area contributed by atoms with Crippen molar-refractivity contribution in [3.05, 3.63) is 94.4 Å². The number of ketones is 1. The minimum Gasteiger partial charge on any atom is -0.497 e. The summed E-state index contributed by atoms with van der Waals surface area (Å²) < 4.78 is 12.5. The van der Waals surface area contributed by atoms with Gasteiger partial charge in [0.2, 0.25) is 0 Å². The molecule has 0 saturated carbocycles. The molecule has 0 fully saturated rings. The molecule has 0 bridgehead atoms. The highest BCUT2D eigenvalue weighted by atomic mass is 32.2. The predicted octanol–water partition coefficient (Wildman–Crippen LogP) is 5.38. The van der Waals surface area contributed by atoms with Crippen molar-refractivity contribution in [3.63, 3.8) is 0 Å². The molecule has 0 radical (unpaired) electrons. The molecular weight excluding hydrogens is 498 g/mol. The highest BCUT2D eigenvalue weighted by Gasteiger charge is 2.38. The molecule has 1 aromatic heterocycles. The second kappa shape index (κ2) is 10.0. The van der Waals surface area contributed by atoms with Crippen LogP contribution in [0, 0.1) is 0 Å².